The number of pyridine rings is 1. The van der Waals surface area contributed by atoms with E-state index in [1.807, 2.05) is 49.4 Å². The number of hydrogen-bond acceptors (Lipinski definition) is 14. The van der Waals surface area contributed by atoms with Gasteiger partial charge in [0.15, 0.2) is 5.82 Å². The average molecular weight is 607 g/mol. The molecule has 0 radical (unpaired) electrons. The quantitative estimate of drug-likeness (QED) is 0.137. The van der Waals surface area contributed by atoms with Crippen LogP contribution in [0.15, 0.2) is 59.8 Å². The van der Waals surface area contributed by atoms with E-state index in [9.17, 15) is 16.8 Å². The largest absolute Gasteiger partial charge is 0.463 e. The minimum absolute atomic E-state index is 0.00292. The third-order valence-corrected chi connectivity index (χ3v) is 6.50. The van der Waals surface area contributed by atoms with Crippen molar-refractivity contribution in [1.82, 2.24) is 15.0 Å². The number of ether oxygens (including phenoxy) is 2. The Labute approximate surface area is 238 Å². The van der Waals surface area contributed by atoms with Crippen LogP contribution in [0, 0.1) is 6.92 Å². The molecule has 1 N–H and O–H groups in total. The molecule has 0 bridgehead atoms. The van der Waals surface area contributed by atoms with Gasteiger partial charge in [0.2, 0.25) is 0 Å². The Morgan fingerprint density at radius 2 is 1.85 bits per heavy atom. The van der Waals surface area contributed by atoms with Crippen LogP contribution in [-0.4, -0.2) is 82.8 Å². The van der Waals surface area contributed by atoms with E-state index in [2.05, 4.69) is 25.5 Å². The van der Waals surface area contributed by atoms with Crippen LogP contribution < -0.4 is 15.1 Å². The van der Waals surface area contributed by atoms with E-state index in [0.717, 1.165) is 29.3 Å². The molecule has 3 aromatic rings. The number of nitrogens with zero attached hydrogens (tertiary/aromatic N) is 5. The summed E-state index contributed by atoms with van der Waals surface area (Å²) in [6.07, 6.45) is 5.32. The maximum atomic E-state index is 12.0. The van der Waals surface area contributed by atoms with Crippen molar-refractivity contribution in [3.63, 3.8) is 0 Å². The molecule has 0 unspecified atom stereocenters. The first-order valence-corrected chi connectivity index (χ1v) is 16.0. The van der Waals surface area contributed by atoms with Crippen molar-refractivity contribution in [2.45, 2.75) is 19.3 Å². The number of nitrogens with one attached hydrogen (secondary N) is 1. The van der Waals surface area contributed by atoms with Crippen molar-refractivity contribution in [2.75, 3.05) is 49.1 Å². The van der Waals surface area contributed by atoms with Crippen LogP contribution in [0.5, 0.6) is 6.01 Å². The van der Waals surface area contributed by atoms with E-state index in [-0.39, 0.29) is 37.4 Å². The van der Waals surface area contributed by atoms with E-state index >= 15 is 0 Å². The molecule has 0 spiro atoms. The predicted octanol–water partition coefficient (Wildman–Crippen LogP) is 1.69. The second-order valence-corrected chi connectivity index (χ2v) is 12.3. The molecule has 2 aromatic heterocycles. The van der Waals surface area contributed by atoms with Crippen molar-refractivity contribution in [3.8, 4) is 6.01 Å². The lowest BCUT2D eigenvalue weighted by atomic mass is 10.2. The van der Waals surface area contributed by atoms with Crippen molar-refractivity contribution in [1.29, 1.82) is 0 Å². The van der Waals surface area contributed by atoms with Crippen LogP contribution in [0.1, 0.15) is 16.8 Å². The number of rotatable bonds is 12. The first kappa shape index (κ1) is 30.3. The zero-order valence-electron chi connectivity index (χ0n) is 22.6. The Kier molecular flexibility index (Phi) is 9.49. The highest BCUT2D eigenvalue weighted by Gasteiger charge is 2.46. The second-order valence-electron chi connectivity index (χ2n) is 9.13. The second kappa shape index (κ2) is 12.9. The molecule has 0 aliphatic carbocycles. The number of hydrogen-bond donors (Lipinski definition) is 1. The van der Waals surface area contributed by atoms with Gasteiger partial charge in [-0.1, -0.05) is 35.9 Å². The molecule has 0 amide bonds. The molecule has 0 atom stereocenters. The molecule has 1 saturated heterocycles. The van der Waals surface area contributed by atoms with Crippen LogP contribution in [-0.2, 0) is 39.8 Å². The standard InChI is InChI=1S/C25H30N6O8S2/c1-19-7-6-8-20(15-19)17-27-30-22-16-23(29-24(28-22)36-13-10-21-9-4-5-11-26-21)31-12-14-37-25(18-31,38-40(2,32)33)39-41(3,34)35/h4-9,11,15-17H,10,12-14,18H2,1-3H3,(H,28,29,30)/b27-17+. The molecule has 1 aromatic carbocycles. The summed E-state index contributed by atoms with van der Waals surface area (Å²) in [5, 5.41) is 4.25. The summed E-state index contributed by atoms with van der Waals surface area (Å²) in [7, 11) is -8.38. The Morgan fingerprint density at radius 1 is 1.07 bits per heavy atom. The Bertz CT molecular complexity index is 1550. The minimum atomic E-state index is -4.19. The molecule has 220 valence electrons. The normalized spacial score (nSPS) is 15.6. The maximum Gasteiger partial charge on any atom is 0.331 e. The van der Waals surface area contributed by atoms with Gasteiger partial charge in [0.1, 0.15) is 12.4 Å². The molecular weight excluding hydrogens is 576 g/mol. The van der Waals surface area contributed by atoms with Crippen molar-refractivity contribution in [3.05, 3.63) is 71.5 Å². The van der Waals surface area contributed by atoms with Gasteiger partial charge in [-0.15, -0.1) is 0 Å². The molecular formula is C25H30N6O8S2. The fourth-order valence-corrected chi connectivity index (χ4v) is 5.09. The predicted molar refractivity (Wildman–Crippen MR) is 151 cm³/mol. The third-order valence-electron chi connectivity index (χ3n) is 5.39. The van der Waals surface area contributed by atoms with Gasteiger partial charge in [0.05, 0.1) is 31.9 Å². The van der Waals surface area contributed by atoms with Gasteiger partial charge in [0, 0.05) is 30.9 Å². The van der Waals surface area contributed by atoms with E-state index < -0.39 is 32.8 Å². The highest BCUT2D eigenvalue weighted by atomic mass is 32.2. The summed E-state index contributed by atoms with van der Waals surface area (Å²) in [4.78, 5) is 14.6. The monoisotopic (exact) mass is 606 g/mol. The lowest BCUT2D eigenvalue weighted by Gasteiger charge is -2.40. The van der Waals surface area contributed by atoms with Gasteiger partial charge in [-0.2, -0.15) is 31.9 Å². The van der Waals surface area contributed by atoms with Crippen LogP contribution in [0.25, 0.3) is 0 Å². The maximum absolute atomic E-state index is 12.0. The minimum Gasteiger partial charge on any atom is -0.463 e. The molecule has 41 heavy (non-hydrogen) atoms. The van der Waals surface area contributed by atoms with Crippen LogP contribution in [0.3, 0.4) is 0 Å². The summed E-state index contributed by atoms with van der Waals surface area (Å²) in [5.41, 5.74) is 5.61. The SMILES string of the molecule is Cc1cccc(/C=N/Nc2cc(N3CCOC(OS(C)(=O)=O)(OS(C)(=O)=O)C3)nc(OCCc3ccccn3)n2)c1. The third kappa shape index (κ3) is 9.72. The van der Waals surface area contributed by atoms with Crippen molar-refractivity contribution in [2.24, 2.45) is 5.10 Å². The summed E-state index contributed by atoms with van der Waals surface area (Å²) in [6, 6.07) is 14.8. The molecule has 14 nitrogen and oxygen atoms in total. The molecule has 1 aliphatic heterocycles. The Morgan fingerprint density at radius 3 is 2.54 bits per heavy atom. The fourth-order valence-electron chi connectivity index (χ4n) is 3.85. The summed E-state index contributed by atoms with van der Waals surface area (Å²) in [5.74, 6) is -1.94. The van der Waals surface area contributed by atoms with E-state index in [0.29, 0.717) is 6.42 Å². The summed E-state index contributed by atoms with van der Waals surface area (Å²) in [6.45, 7) is 1.79. The fraction of sp³-hybridized carbons (Fsp3) is 0.360. The van der Waals surface area contributed by atoms with Gasteiger partial charge >= 0.3 is 12.0 Å². The number of morpholine rings is 1. The zero-order valence-corrected chi connectivity index (χ0v) is 24.3. The lowest BCUT2D eigenvalue weighted by molar-refractivity contribution is -0.298. The first-order chi connectivity index (χ1) is 19.4. The van der Waals surface area contributed by atoms with Crippen LogP contribution >= 0.6 is 0 Å². The van der Waals surface area contributed by atoms with Crippen LogP contribution in [0.4, 0.5) is 11.6 Å². The van der Waals surface area contributed by atoms with Gasteiger partial charge in [-0.25, -0.2) is 8.37 Å². The molecule has 16 heteroatoms. The number of anilines is 2. The first-order valence-electron chi connectivity index (χ1n) is 12.4. The van der Waals surface area contributed by atoms with Gasteiger partial charge < -0.3 is 14.4 Å². The molecule has 4 rings (SSSR count). The average Bonchev–Trinajstić information content (AvgIpc) is 2.87. The topological polar surface area (TPSA) is 172 Å². The van der Waals surface area contributed by atoms with Gasteiger partial charge in [-0.05, 0) is 24.6 Å². The Hall–Kier alpha value is -3.70. The molecule has 0 saturated carbocycles. The number of benzene rings is 1. The molecule has 3 heterocycles. The Balaban J connectivity index is 1.60. The van der Waals surface area contributed by atoms with E-state index in [1.54, 1.807) is 12.4 Å². The highest BCUT2D eigenvalue weighted by Crippen LogP contribution is 2.29. The number of aromatic nitrogens is 3. The van der Waals surface area contributed by atoms with E-state index in [1.165, 1.54) is 11.0 Å². The van der Waals surface area contributed by atoms with Gasteiger partial charge in [-0.3, -0.25) is 10.4 Å². The lowest BCUT2D eigenvalue weighted by Crippen LogP contribution is -2.56. The van der Waals surface area contributed by atoms with Crippen LogP contribution in [0.2, 0.25) is 0 Å². The smallest absolute Gasteiger partial charge is 0.331 e. The van der Waals surface area contributed by atoms with Crippen molar-refractivity contribution >= 4 is 38.1 Å². The summed E-state index contributed by atoms with van der Waals surface area (Å²) < 4.78 is 69.0. The zero-order chi connectivity index (χ0) is 29.5. The van der Waals surface area contributed by atoms with Crippen molar-refractivity contribution < 1.29 is 34.7 Å². The summed E-state index contributed by atoms with van der Waals surface area (Å²) >= 11 is 0. The van der Waals surface area contributed by atoms with Gasteiger partial charge in [0.25, 0.3) is 20.2 Å². The van der Waals surface area contributed by atoms with E-state index in [4.69, 9.17) is 17.8 Å². The molecule has 1 fully saturated rings. The number of hydrazone groups is 1. The number of aryl methyl sites for hydroxylation is 1. The molecule has 1 aliphatic rings. The highest BCUT2D eigenvalue weighted by molar-refractivity contribution is 7.86.